The molecule has 0 saturated carbocycles. The van der Waals surface area contributed by atoms with Gasteiger partial charge in [-0.3, -0.25) is 0 Å². The van der Waals surface area contributed by atoms with Gasteiger partial charge < -0.3 is 67.3 Å². The molecule has 0 aromatic carbocycles. The zero-order valence-electron chi connectivity index (χ0n) is 29.1. The molecule has 0 rings (SSSR count). The van der Waals surface area contributed by atoms with E-state index in [1.54, 1.807) is 0 Å². The molecule has 0 aromatic heterocycles. The Hall–Kier alpha value is -2.36. The van der Waals surface area contributed by atoms with Crippen LogP contribution in [0.1, 0.15) is 19.3 Å². The first kappa shape index (κ1) is 45.1. The fraction of sp³-hybridized carbons (Fsp3) is 0.862. The van der Waals surface area contributed by atoms with Crippen molar-refractivity contribution in [1.29, 1.82) is 0 Å². The van der Waals surface area contributed by atoms with Crippen LogP contribution in [0.2, 0.25) is 0 Å². The maximum absolute atomic E-state index is 10.5. The Balaban J connectivity index is -0.000000566. The lowest BCUT2D eigenvalue weighted by atomic mass is 10.3. The van der Waals surface area contributed by atoms with Crippen LogP contribution in [-0.2, 0) is 19.2 Å². The van der Waals surface area contributed by atoms with Crippen molar-refractivity contribution >= 4 is 23.9 Å². The van der Waals surface area contributed by atoms with Crippen LogP contribution < -0.4 is 20.4 Å². The third-order valence-corrected chi connectivity index (χ3v) is 6.49. The van der Waals surface area contributed by atoms with Crippen molar-refractivity contribution in [2.24, 2.45) is 0 Å². The van der Waals surface area contributed by atoms with E-state index < -0.39 is 23.9 Å². The third-order valence-electron chi connectivity index (χ3n) is 6.49. The first-order chi connectivity index (χ1) is 19.2. The Labute approximate surface area is 260 Å². The summed E-state index contributed by atoms with van der Waals surface area (Å²) in [6.45, 7) is 5.18. The second kappa shape index (κ2) is 21.4. The lowest BCUT2D eigenvalue weighted by Gasteiger charge is -2.33. The minimum absolute atomic E-state index is 0.0338. The molecule has 0 spiro atoms. The molecule has 0 bridgehead atoms. The minimum atomic E-state index is -1.07. The van der Waals surface area contributed by atoms with Gasteiger partial charge in [-0.2, -0.15) is 0 Å². The van der Waals surface area contributed by atoms with Crippen LogP contribution in [0.5, 0.6) is 0 Å². The van der Waals surface area contributed by atoms with Crippen LogP contribution in [0.4, 0.5) is 0 Å². The number of carboxylic acids is 4. The van der Waals surface area contributed by atoms with E-state index in [2.05, 4.69) is 9.80 Å². The standard InChI is InChI=1S/C11H22N2O4.2C9H20N2O2/c1-12(2,8-10(14)15)6-5-7-13(3,4)9-11(16)17;2*1-10(2)6-5-7-11(3,4)8-9(12)13/h5-9H2,1-4H3;2*5-8H2,1-4H3. The lowest BCUT2D eigenvalue weighted by Crippen LogP contribution is -2.52. The fourth-order valence-corrected chi connectivity index (χ4v) is 4.27. The number of carbonyl (C=O) groups is 4. The van der Waals surface area contributed by atoms with E-state index in [4.69, 9.17) is 0 Å². The fourth-order valence-electron chi connectivity index (χ4n) is 4.27. The van der Waals surface area contributed by atoms with Crippen molar-refractivity contribution in [3.8, 4) is 0 Å². The number of carboxylic acid groups (broad SMARTS) is 4. The highest BCUT2D eigenvalue weighted by atomic mass is 16.4. The Kier molecular flexibility index (Phi) is 22.4. The van der Waals surface area contributed by atoms with Gasteiger partial charge >= 0.3 is 0 Å². The summed E-state index contributed by atoms with van der Waals surface area (Å²) in [5.41, 5.74) is 0. The van der Waals surface area contributed by atoms with Crippen molar-refractivity contribution in [2.45, 2.75) is 19.3 Å². The highest BCUT2D eigenvalue weighted by Crippen LogP contribution is 2.04. The van der Waals surface area contributed by atoms with Gasteiger partial charge in [-0.15, -0.1) is 0 Å². The molecule has 0 fully saturated rings. The van der Waals surface area contributed by atoms with Crippen LogP contribution in [0.15, 0.2) is 0 Å². The Morgan fingerprint density at radius 2 is 0.605 bits per heavy atom. The molecule has 256 valence electrons. The van der Waals surface area contributed by atoms with Crippen molar-refractivity contribution < 1.29 is 57.5 Å². The van der Waals surface area contributed by atoms with E-state index >= 15 is 0 Å². The van der Waals surface area contributed by atoms with Gasteiger partial charge in [0.15, 0.2) is 0 Å². The van der Waals surface area contributed by atoms with Gasteiger partial charge in [-0.05, 0) is 28.2 Å². The molecule has 0 aromatic rings. The number of carbonyl (C=O) groups excluding carboxylic acids is 4. The topological polar surface area (TPSA) is 167 Å². The van der Waals surface area contributed by atoms with E-state index in [1.165, 1.54) is 0 Å². The van der Waals surface area contributed by atoms with Crippen LogP contribution in [-0.4, -0.2) is 202 Å². The summed E-state index contributed by atoms with van der Waals surface area (Å²) in [6.07, 6.45) is 2.76. The SMILES string of the molecule is CN(C)CCC[N+](C)(C)CC(=O)[O-].CN(C)CCC[N+](C)(C)CC(=O)[O-].C[N+](C)(CCC[N+](C)(C)CC(=O)[O-])CC(=O)[O-]. The molecule has 14 nitrogen and oxygen atoms in total. The second-order valence-corrected chi connectivity index (χ2v) is 14.4. The van der Waals surface area contributed by atoms with Gasteiger partial charge in [0.25, 0.3) is 0 Å². The van der Waals surface area contributed by atoms with Gasteiger partial charge in [0, 0.05) is 32.4 Å². The molecule has 0 radical (unpaired) electrons. The first-order valence-electron chi connectivity index (χ1n) is 14.6. The second-order valence-electron chi connectivity index (χ2n) is 14.4. The number of aliphatic carboxylic acids is 4. The minimum Gasteiger partial charge on any atom is -0.544 e. The molecule has 0 aliphatic heterocycles. The highest BCUT2D eigenvalue weighted by Gasteiger charge is 2.20. The molecule has 0 atom stereocenters. The molecule has 0 amide bonds. The Morgan fingerprint density at radius 3 is 0.767 bits per heavy atom. The van der Waals surface area contributed by atoms with E-state index in [9.17, 15) is 39.6 Å². The van der Waals surface area contributed by atoms with Gasteiger partial charge in [-0.25, -0.2) is 0 Å². The smallest absolute Gasteiger partial charge is 0.119 e. The number of rotatable bonds is 20. The molecule has 43 heavy (non-hydrogen) atoms. The quantitative estimate of drug-likeness (QED) is 0.120. The van der Waals surface area contributed by atoms with Gasteiger partial charge in [-0.1, -0.05) is 0 Å². The Bertz CT molecular complexity index is 764. The number of nitrogens with zero attached hydrogens (tertiary/aromatic N) is 6. The van der Waals surface area contributed by atoms with Gasteiger partial charge in [0.05, 0.1) is 106 Å². The highest BCUT2D eigenvalue weighted by molar-refractivity contribution is 5.66. The monoisotopic (exact) mass is 622 g/mol. The van der Waals surface area contributed by atoms with Gasteiger partial charge in [0.2, 0.25) is 0 Å². The molecule has 14 heteroatoms. The average Bonchev–Trinajstić information content (AvgIpc) is 2.69. The number of hydrogen-bond donors (Lipinski definition) is 0. The molecular weight excluding hydrogens is 560 g/mol. The number of quaternary nitrogens is 4. The van der Waals surface area contributed by atoms with Gasteiger partial charge in [0.1, 0.15) is 26.2 Å². The first-order valence-corrected chi connectivity index (χ1v) is 14.6. The molecule has 0 aliphatic carbocycles. The predicted octanol–water partition coefficient (Wildman–Crippen LogP) is -5.44. The maximum atomic E-state index is 10.5. The molecular formula is C29H62N6O8. The lowest BCUT2D eigenvalue weighted by molar-refractivity contribution is -0.903. The molecule has 0 N–H and O–H groups in total. The molecule has 0 heterocycles. The summed E-state index contributed by atoms with van der Waals surface area (Å²) in [6, 6.07) is 0. The van der Waals surface area contributed by atoms with E-state index in [0.29, 0.717) is 31.0 Å². The van der Waals surface area contributed by atoms with E-state index in [1.807, 2.05) is 84.6 Å². The molecule has 0 unspecified atom stereocenters. The van der Waals surface area contributed by atoms with Crippen LogP contribution >= 0.6 is 0 Å². The predicted molar refractivity (Wildman–Crippen MR) is 158 cm³/mol. The largest absolute Gasteiger partial charge is 0.544 e. The summed E-state index contributed by atoms with van der Waals surface area (Å²) < 4.78 is 1.67. The third kappa shape index (κ3) is 35.7. The summed E-state index contributed by atoms with van der Waals surface area (Å²) in [4.78, 5) is 45.9. The number of hydrogen-bond acceptors (Lipinski definition) is 10. The average molecular weight is 623 g/mol. The van der Waals surface area contributed by atoms with Crippen molar-refractivity contribution in [1.82, 2.24) is 9.80 Å². The van der Waals surface area contributed by atoms with Crippen molar-refractivity contribution in [3.05, 3.63) is 0 Å². The normalized spacial score (nSPS) is 12.2. The zero-order valence-corrected chi connectivity index (χ0v) is 29.1. The van der Waals surface area contributed by atoms with Crippen LogP contribution in [0, 0.1) is 0 Å². The summed E-state index contributed by atoms with van der Waals surface area (Å²) in [5, 5.41) is 41.8. The zero-order chi connectivity index (χ0) is 34.7. The maximum Gasteiger partial charge on any atom is 0.119 e. The summed E-state index contributed by atoms with van der Waals surface area (Å²) >= 11 is 0. The van der Waals surface area contributed by atoms with Crippen LogP contribution in [0.3, 0.4) is 0 Å². The number of likely N-dealkylation sites (N-methyl/N-ethyl adjacent to an activating group) is 4. The summed E-state index contributed by atoms with van der Waals surface area (Å²) in [5.74, 6) is -4.10. The molecule has 0 saturated heterocycles. The van der Waals surface area contributed by atoms with E-state index in [0.717, 1.165) is 45.4 Å². The van der Waals surface area contributed by atoms with E-state index in [-0.39, 0.29) is 26.2 Å². The van der Waals surface area contributed by atoms with Crippen LogP contribution in [0.25, 0.3) is 0 Å². The van der Waals surface area contributed by atoms with Crippen molar-refractivity contribution in [3.63, 3.8) is 0 Å². The summed E-state index contributed by atoms with van der Waals surface area (Å²) in [7, 11) is 22.9. The van der Waals surface area contributed by atoms with Crippen molar-refractivity contribution in [2.75, 3.05) is 150 Å². The molecule has 0 aliphatic rings. The Morgan fingerprint density at radius 1 is 0.419 bits per heavy atom.